The van der Waals surface area contributed by atoms with Crippen LogP contribution in [-0.4, -0.2) is 40.6 Å². The topological polar surface area (TPSA) is 122 Å². The summed E-state index contributed by atoms with van der Waals surface area (Å²) < 4.78 is 0. The molecule has 168 valence electrons. The molecule has 1 saturated heterocycles. The standard InChI is InChI=1S/C23H26N4O5/c1-3-4-11-26-14-17(12-21(26)28)23(30)24-18-8-6-16(7-9-18)22(29)25-20-13-19(27(31)32)10-5-15(20)2/h5-10,13,17H,3-4,11-12,14H2,1-2H3,(H,24,30)(H,25,29)/t17-/m1/s1. The van der Waals surface area contributed by atoms with E-state index in [1.165, 1.54) is 12.1 Å². The first kappa shape index (κ1) is 22.9. The number of rotatable bonds is 8. The average molecular weight is 438 g/mol. The van der Waals surface area contributed by atoms with Crippen LogP contribution in [0.1, 0.15) is 42.1 Å². The smallest absolute Gasteiger partial charge is 0.271 e. The maximum absolute atomic E-state index is 12.5. The number of amides is 3. The lowest BCUT2D eigenvalue weighted by Gasteiger charge is -2.16. The molecule has 3 amide bonds. The summed E-state index contributed by atoms with van der Waals surface area (Å²) in [4.78, 5) is 49.3. The third-order valence-electron chi connectivity index (χ3n) is 5.46. The fourth-order valence-electron chi connectivity index (χ4n) is 3.51. The van der Waals surface area contributed by atoms with E-state index in [9.17, 15) is 24.5 Å². The predicted molar refractivity (Wildman–Crippen MR) is 120 cm³/mol. The van der Waals surface area contributed by atoms with Crippen LogP contribution in [0.25, 0.3) is 0 Å². The van der Waals surface area contributed by atoms with Crippen LogP contribution in [0.5, 0.6) is 0 Å². The lowest BCUT2D eigenvalue weighted by molar-refractivity contribution is -0.384. The summed E-state index contributed by atoms with van der Waals surface area (Å²) in [5.41, 5.74) is 1.82. The lowest BCUT2D eigenvalue weighted by atomic mass is 10.1. The number of nitrogens with one attached hydrogen (secondary N) is 2. The molecular formula is C23H26N4O5. The molecule has 0 bridgehead atoms. The minimum absolute atomic E-state index is 0.00191. The SMILES string of the molecule is CCCCN1C[C@H](C(=O)Nc2ccc(C(=O)Nc3cc([N+](=O)[O-])ccc3C)cc2)CC1=O. The minimum atomic E-state index is -0.520. The Morgan fingerprint density at radius 2 is 1.88 bits per heavy atom. The first-order chi connectivity index (χ1) is 15.3. The van der Waals surface area contributed by atoms with Crippen molar-refractivity contribution in [3.63, 3.8) is 0 Å². The van der Waals surface area contributed by atoms with Crippen molar-refractivity contribution in [1.82, 2.24) is 4.90 Å². The molecule has 32 heavy (non-hydrogen) atoms. The quantitative estimate of drug-likeness (QED) is 0.480. The number of hydrogen-bond acceptors (Lipinski definition) is 5. The summed E-state index contributed by atoms with van der Waals surface area (Å²) in [7, 11) is 0. The predicted octanol–water partition coefficient (Wildman–Crippen LogP) is 3.74. The van der Waals surface area contributed by atoms with Gasteiger partial charge in [-0.3, -0.25) is 24.5 Å². The van der Waals surface area contributed by atoms with Gasteiger partial charge in [-0.15, -0.1) is 0 Å². The zero-order valence-electron chi connectivity index (χ0n) is 18.1. The molecule has 2 N–H and O–H groups in total. The van der Waals surface area contributed by atoms with E-state index in [2.05, 4.69) is 17.6 Å². The molecule has 0 unspecified atom stereocenters. The molecule has 0 radical (unpaired) electrons. The molecule has 1 atom stereocenters. The van der Waals surface area contributed by atoms with Crippen LogP contribution in [0, 0.1) is 23.0 Å². The summed E-state index contributed by atoms with van der Waals surface area (Å²) in [5.74, 6) is -1.03. The van der Waals surface area contributed by atoms with Crippen LogP contribution in [0.15, 0.2) is 42.5 Å². The molecule has 9 nitrogen and oxygen atoms in total. The third-order valence-corrected chi connectivity index (χ3v) is 5.46. The molecule has 0 aromatic heterocycles. The van der Waals surface area contributed by atoms with E-state index in [1.54, 1.807) is 42.2 Å². The first-order valence-corrected chi connectivity index (χ1v) is 10.5. The second-order valence-corrected chi connectivity index (χ2v) is 7.87. The van der Waals surface area contributed by atoms with Crippen LogP contribution >= 0.6 is 0 Å². The molecule has 1 aliphatic heterocycles. The summed E-state index contributed by atoms with van der Waals surface area (Å²) in [6.45, 7) is 4.90. The van der Waals surface area contributed by atoms with Crippen molar-refractivity contribution < 1.29 is 19.3 Å². The van der Waals surface area contributed by atoms with Gasteiger partial charge in [0.15, 0.2) is 0 Å². The normalized spacial score (nSPS) is 15.5. The van der Waals surface area contributed by atoms with E-state index < -0.39 is 10.8 Å². The highest BCUT2D eigenvalue weighted by Gasteiger charge is 2.33. The largest absolute Gasteiger partial charge is 0.342 e. The van der Waals surface area contributed by atoms with E-state index in [0.29, 0.717) is 35.6 Å². The number of unbranched alkanes of at least 4 members (excludes halogenated alkanes) is 1. The Bertz CT molecular complexity index is 1040. The Morgan fingerprint density at radius 3 is 2.53 bits per heavy atom. The van der Waals surface area contributed by atoms with Gasteiger partial charge < -0.3 is 15.5 Å². The number of benzene rings is 2. The maximum Gasteiger partial charge on any atom is 0.271 e. The van der Waals surface area contributed by atoms with Crippen LogP contribution < -0.4 is 10.6 Å². The first-order valence-electron chi connectivity index (χ1n) is 10.5. The van der Waals surface area contributed by atoms with Crippen LogP contribution in [0.3, 0.4) is 0 Å². The Balaban J connectivity index is 1.60. The number of hydrogen-bond donors (Lipinski definition) is 2. The summed E-state index contributed by atoms with van der Waals surface area (Å²) in [5, 5.41) is 16.4. The van der Waals surface area contributed by atoms with Gasteiger partial charge in [0, 0.05) is 42.9 Å². The molecule has 2 aromatic carbocycles. The number of nitrogens with zero attached hydrogens (tertiary/aromatic N) is 2. The molecule has 0 saturated carbocycles. The highest BCUT2D eigenvalue weighted by Crippen LogP contribution is 2.23. The number of carbonyl (C=O) groups is 3. The Labute approximate surface area is 185 Å². The fourth-order valence-corrected chi connectivity index (χ4v) is 3.51. The molecule has 1 heterocycles. The number of aryl methyl sites for hydroxylation is 1. The van der Waals surface area contributed by atoms with E-state index >= 15 is 0 Å². The molecule has 1 aliphatic rings. The third kappa shape index (κ3) is 5.48. The van der Waals surface area contributed by atoms with Crippen molar-refractivity contribution >= 4 is 34.8 Å². The van der Waals surface area contributed by atoms with Crippen LogP contribution in [-0.2, 0) is 9.59 Å². The van der Waals surface area contributed by atoms with Crippen molar-refractivity contribution in [3.8, 4) is 0 Å². The Morgan fingerprint density at radius 1 is 1.16 bits per heavy atom. The van der Waals surface area contributed by atoms with Crippen LogP contribution in [0.4, 0.5) is 17.1 Å². The number of nitro benzene ring substituents is 1. The highest BCUT2D eigenvalue weighted by molar-refractivity contribution is 6.05. The van der Waals surface area contributed by atoms with E-state index in [-0.39, 0.29) is 29.8 Å². The molecular weight excluding hydrogens is 412 g/mol. The van der Waals surface area contributed by atoms with Gasteiger partial charge in [-0.1, -0.05) is 19.4 Å². The summed E-state index contributed by atoms with van der Waals surface area (Å²) >= 11 is 0. The Hall–Kier alpha value is -3.75. The van der Waals surface area contributed by atoms with Gasteiger partial charge in [-0.2, -0.15) is 0 Å². The number of likely N-dealkylation sites (tertiary alicyclic amines) is 1. The second kappa shape index (κ2) is 10.0. The number of anilines is 2. The lowest BCUT2D eigenvalue weighted by Crippen LogP contribution is -2.29. The van der Waals surface area contributed by atoms with Crippen molar-refractivity contribution in [1.29, 1.82) is 0 Å². The second-order valence-electron chi connectivity index (χ2n) is 7.87. The van der Waals surface area contributed by atoms with Gasteiger partial charge in [0.1, 0.15) is 0 Å². The van der Waals surface area contributed by atoms with Gasteiger partial charge in [0.05, 0.1) is 16.5 Å². The molecule has 1 fully saturated rings. The number of non-ortho nitro benzene ring substituents is 1. The fraction of sp³-hybridized carbons (Fsp3) is 0.348. The van der Waals surface area contributed by atoms with Gasteiger partial charge in [0.25, 0.3) is 11.6 Å². The van der Waals surface area contributed by atoms with Crippen LogP contribution in [0.2, 0.25) is 0 Å². The zero-order chi connectivity index (χ0) is 23.3. The van der Waals surface area contributed by atoms with Crippen molar-refractivity contribution in [2.45, 2.75) is 33.1 Å². The maximum atomic E-state index is 12.5. The number of nitro groups is 1. The minimum Gasteiger partial charge on any atom is -0.342 e. The van der Waals surface area contributed by atoms with Gasteiger partial charge in [0.2, 0.25) is 11.8 Å². The van der Waals surface area contributed by atoms with Crippen molar-refractivity contribution in [2.75, 3.05) is 23.7 Å². The monoisotopic (exact) mass is 438 g/mol. The summed E-state index contributed by atoms with van der Waals surface area (Å²) in [6.07, 6.45) is 2.11. The van der Waals surface area contributed by atoms with Gasteiger partial charge >= 0.3 is 0 Å². The van der Waals surface area contributed by atoms with Gasteiger partial charge in [-0.25, -0.2) is 0 Å². The molecule has 0 spiro atoms. The number of carbonyl (C=O) groups excluding carboxylic acids is 3. The molecule has 9 heteroatoms. The van der Waals surface area contributed by atoms with Crippen molar-refractivity contribution in [2.24, 2.45) is 5.92 Å². The van der Waals surface area contributed by atoms with E-state index in [4.69, 9.17) is 0 Å². The molecule has 0 aliphatic carbocycles. The van der Waals surface area contributed by atoms with E-state index in [1.807, 2.05) is 0 Å². The van der Waals surface area contributed by atoms with Crippen molar-refractivity contribution in [3.05, 3.63) is 63.7 Å². The van der Waals surface area contributed by atoms with E-state index in [0.717, 1.165) is 12.8 Å². The average Bonchev–Trinajstić information content (AvgIpc) is 3.14. The molecule has 3 rings (SSSR count). The summed E-state index contributed by atoms with van der Waals surface area (Å²) in [6, 6.07) is 10.6. The highest BCUT2D eigenvalue weighted by atomic mass is 16.6. The molecule has 2 aromatic rings. The Kier molecular flexibility index (Phi) is 7.19. The van der Waals surface area contributed by atoms with Gasteiger partial charge in [-0.05, 0) is 43.2 Å². The zero-order valence-corrected chi connectivity index (χ0v) is 18.1.